The minimum atomic E-state index is -0.826. The number of rotatable bonds is 16. The summed E-state index contributed by atoms with van der Waals surface area (Å²) in [6.07, 6.45) is 6.57. The summed E-state index contributed by atoms with van der Waals surface area (Å²) in [4.78, 5) is 16.0. The van der Waals surface area contributed by atoms with Crippen molar-refractivity contribution in [3.05, 3.63) is 237 Å². The fourth-order valence-electron chi connectivity index (χ4n) is 9.89. The number of nitrogens with zero attached hydrogens (tertiary/aromatic N) is 4. The van der Waals surface area contributed by atoms with E-state index in [2.05, 4.69) is 124 Å². The minimum absolute atomic E-state index is 0.246. The Morgan fingerprint density at radius 2 is 0.438 bits per heavy atom. The van der Waals surface area contributed by atoms with Crippen LogP contribution in [0, 0.1) is 0 Å². The van der Waals surface area contributed by atoms with Crippen LogP contribution in [-0.4, -0.2) is 102 Å². The summed E-state index contributed by atoms with van der Waals surface area (Å²) in [7, 11) is 52.7. The number of halogens is 8. The van der Waals surface area contributed by atoms with E-state index in [0.717, 1.165) is 44.5 Å². The summed E-state index contributed by atoms with van der Waals surface area (Å²) in [5.41, 5.74) is 9.12. The molecule has 96 heavy (non-hydrogen) atoms. The van der Waals surface area contributed by atoms with Gasteiger partial charge in [0.25, 0.3) is 0 Å². The first-order chi connectivity index (χ1) is 45.7. The predicted molar refractivity (Wildman–Crippen MR) is 394 cm³/mol. The molecule has 0 spiro atoms. The molecule has 0 aliphatic carbocycles. The van der Waals surface area contributed by atoms with Crippen LogP contribution in [0.3, 0.4) is 0 Å². The van der Waals surface area contributed by atoms with Crippen molar-refractivity contribution in [2.75, 3.05) is 56.6 Å². The Morgan fingerprint density at radius 3 is 0.562 bits per heavy atom. The summed E-state index contributed by atoms with van der Waals surface area (Å²) < 4.78 is 21.4. The van der Waals surface area contributed by atoms with E-state index in [4.69, 9.17) is 87.1 Å². The van der Waals surface area contributed by atoms with Gasteiger partial charge in [-0.15, -0.1) is 0 Å². The van der Waals surface area contributed by atoms with Crippen LogP contribution in [0.4, 0.5) is 0 Å². The van der Waals surface area contributed by atoms with Crippen LogP contribution >= 0.6 is 68.1 Å². The van der Waals surface area contributed by atoms with Gasteiger partial charge < -0.3 is 39.4 Å². The van der Waals surface area contributed by atoms with Crippen molar-refractivity contribution < 1.29 is 123 Å². The number of benzene rings is 8. The Bertz CT molecular complexity index is 3180. The molecule has 0 aliphatic rings. The molecular formula is C72H84Cl8N4O8Zr4. The number of phenolic OH excluding ortho intramolecular Hbond substituents is 4. The first-order valence-corrected chi connectivity index (χ1v) is 54.4. The molecule has 0 amide bonds. The molecular weight excluding hydrogens is 1700 g/mol. The molecule has 512 valence electrons. The number of hydrogen-bond donors (Lipinski definition) is 4. The van der Waals surface area contributed by atoms with Crippen LogP contribution in [0.5, 0.6) is 46.0 Å². The van der Waals surface area contributed by atoms with Gasteiger partial charge in [0.05, 0.1) is 28.4 Å². The van der Waals surface area contributed by atoms with E-state index in [1.807, 2.05) is 97.1 Å². The zero-order valence-corrected chi connectivity index (χ0v) is 72.6. The number of hydrogen-bond acceptors (Lipinski definition) is 12. The third-order valence-electron chi connectivity index (χ3n) is 15.1. The Morgan fingerprint density at radius 1 is 0.292 bits per heavy atom. The van der Waals surface area contributed by atoms with Gasteiger partial charge in [0.2, 0.25) is 0 Å². The van der Waals surface area contributed by atoms with Gasteiger partial charge in [-0.1, -0.05) is 177 Å². The molecule has 12 nitrogen and oxygen atoms in total. The first kappa shape index (κ1) is 90.7. The molecule has 24 heteroatoms. The van der Waals surface area contributed by atoms with Crippen LogP contribution < -0.4 is 18.9 Å². The molecule has 8 aromatic carbocycles. The predicted octanol–water partition coefficient (Wildman–Crippen LogP) is 20.6. The van der Waals surface area contributed by atoms with Gasteiger partial charge in [-0.05, 0) is 70.8 Å². The van der Waals surface area contributed by atoms with Gasteiger partial charge in [-0.25, -0.2) is 0 Å². The van der Waals surface area contributed by atoms with E-state index < -0.39 is 83.4 Å². The molecule has 0 saturated heterocycles. The fraction of sp³-hybridized carbons (Fsp3) is 0.278. The van der Waals surface area contributed by atoms with E-state index in [0.29, 0.717) is 45.3 Å². The Labute approximate surface area is 643 Å². The molecule has 0 aliphatic heterocycles. The standard InChI is InChI=1S/4C18H21NO2.8ClH.4Zr/c4*1-18(2,14-8-6-5-7-9-14)16-11-15(21-4)10-13(12-19-3)17(16)20;;;;;;;;;;;;/h4*5-12,20H,1-4H3;8*1H;;;;/q;;;;;;;;;;;;4*+2/p-8. The molecule has 0 radical (unpaired) electrons. The van der Waals surface area contributed by atoms with Crippen molar-refractivity contribution in [1.29, 1.82) is 0 Å². The number of ether oxygens (including phenoxy) is 4. The van der Waals surface area contributed by atoms with Crippen molar-refractivity contribution in [1.82, 2.24) is 0 Å². The maximum absolute atomic E-state index is 10.6. The van der Waals surface area contributed by atoms with Gasteiger partial charge in [-0.2, -0.15) is 0 Å². The van der Waals surface area contributed by atoms with Crippen molar-refractivity contribution >= 4 is 93.0 Å². The van der Waals surface area contributed by atoms with Crippen molar-refractivity contribution in [3.8, 4) is 46.0 Å². The molecule has 0 fully saturated rings. The summed E-state index contributed by atoms with van der Waals surface area (Å²) in [5.74, 6) is 3.82. The molecule has 0 atom stereocenters. The van der Waals surface area contributed by atoms with E-state index >= 15 is 0 Å². The van der Waals surface area contributed by atoms with E-state index in [9.17, 15) is 20.4 Å². The normalized spacial score (nSPS) is 10.9. The van der Waals surface area contributed by atoms with Gasteiger partial charge >= 0.3 is 151 Å². The van der Waals surface area contributed by atoms with Crippen molar-refractivity contribution in [2.45, 2.75) is 77.0 Å². The molecule has 0 bridgehead atoms. The second kappa shape index (κ2) is 48.5. The van der Waals surface area contributed by atoms with E-state index in [1.54, 1.807) is 106 Å². The third-order valence-corrected chi connectivity index (χ3v) is 15.1. The van der Waals surface area contributed by atoms with E-state index in [1.165, 1.54) is 0 Å². The Kier molecular flexibility index (Phi) is 45.8. The summed E-state index contributed by atoms with van der Waals surface area (Å²) in [5, 5.41) is 42.4. The monoisotopic (exact) mass is 1770 g/mol. The zero-order chi connectivity index (χ0) is 72.7. The van der Waals surface area contributed by atoms with Crippen LogP contribution in [0.2, 0.25) is 0 Å². The first-order valence-electron chi connectivity index (χ1n) is 29.1. The molecule has 8 rings (SSSR count). The van der Waals surface area contributed by atoms with Gasteiger partial charge in [0.15, 0.2) is 0 Å². The van der Waals surface area contributed by atoms with Crippen molar-refractivity contribution in [2.24, 2.45) is 20.0 Å². The average Bonchev–Trinajstić information content (AvgIpc) is 0.821. The quantitative estimate of drug-likeness (QED) is 0.0694. The van der Waals surface area contributed by atoms with Crippen LogP contribution in [0.1, 0.15) is 122 Å². The molecule has 0 aromatic heterocycles. The molecule has 4 N–H and O–H groups in total. The molecule has 0 unspecified atom stereocenters. The molecule has 8 aromatic rings. The maximum atomic E-state index is 10.6. The second-order valence-electron chi connectivity index (χ2n) is 22.3. The molecule has 0 saturated carbocycles. The third kappa shape index (κ3) is 28.3. The summed E-state index contributed by atoms with van der Waals surface area (Å²) in [6, 6.07) is 55.1. The van der Waals surface area contributed by atoms with Gasteiger partial charge in [-0.3, -0.25) is 20.0 Å². The van der Waals surface area contributed by atoms with Crippen LogP contribution in [0.25, 0.3) is 0 Å². The van der Waals surface area contributed by atoms with Gasteiger partial charge in [0, 0.05) is 119 Å². The Balaban J connectivity index is 0.000000604. The van der Waals surface area contributed by atoms with Crippen LogP contribution in [0.15, 0.2) is 190 Å². The summed E-state index contributed by atoms with van der Waals surface area (Å²) >= 11 is -3.30. The Hall–Kier alpha value is -3.31. The fourth-order valence-corrected chi connectivity index (χ4v) is 9.89. The van der Waals surface area contributed by atoms with Crippen molar-refractivity contribution in [3.63, 3.8) is 0 Å². The number of aliphatic imine (C=N–C) groups is 4. The average molecular weight is 1780 g/mol. The zero-order valence-electron chi connectivity index (χ0n) is 56.7. The number of aromatic hydroxyl groups is 4. The molecule has 0 heterocycles. The van der Waals surface area contributed by atoms with Crippen LogP contribution in [-0.2, 0) is 105 Å². The SMILES string of the molecule is CN=Cc1cc(OC)cc(C(C)(C)c2ccccc2)c1O.CN=Cc1cc(OC)cc(C(C)(C)c2ccccc2)c1O.CN=Cc1cc(OC)cc(C(C)(C)c2ccccc2)c1O.CN=Cc1cc(OC)cc(C(C)(C)c2ccccc2)c1O.[Cl][Zr][Cl].[Cl][Zr][Cl].[Cl][Zr][Cl].[Cl][Zr][Cl]. The van der Waals surface area contributed by atoms with Gasteiger partial charge in [0.1, 0.15) is 46.0 Å². The second-order valence-corrected chi connectivity index (χ2v) is 37.2. The summed E-state index contributed by atoms with van der Waals surface area (Å²) in [6.45, 7) is 16.7. The van der Waals surface area contributed by atoms with E-state index in [-0.39, 0.29) is 44.7 Å². The number of methoxy groups -OCH3 is 4. The number of phenols is 4. The topological polar surface area (TPSA) is 167 Å².